The highest BCUT2D eigenvalue weighted by molar-refractivity contribution is 6.30. The minimum atomic E-state index is -1.16. The van der Waals surface area contributed by atoms with Gasteiger partial charge in [0.2, 0.25) is 0 Å². The van der Waals surface area contributed by atoms with Crippen molar-refractivity contribution in [1.82, 2.24) is 0 Å². The third-order valence-electron chi connectivity index (χ3n) is 3.27. The zero-order valence-corrected chi connectivity index (χ0v) is 10.8. The first-order valence-electron chi connectivity index (χ1n) is 5.77. The number of rotatable bonds is 5. The quantitative estimate of drug-likeness (QED) is 0.855. The Labute approximate surface area is 106 Å². The van der Waals surface area contributed by atoms with Crippen LogP contribution in [0.15, 0.2) is 18.2 Å². The summed E-state index contributed by atoms with van der Waals surface area (Å²) in [5, 5.41) is 20.4. The standard InChI is InChI=1S/C13H18ClFO2/c1-3-13(17,4-2)12(16)7-9-5-6-10(14)8-11(9)15/h5-6,8,12,16-17H,3-4,7H2,1-2H3. The van der Waals surface area contributed by atoms with Gasteiger partial charge in [-0.25, -0.2) is 4.39 Å². The number of hydrogen-bond acceptors (Lipinski definition) is 2. The van der Waals surface area contributed by atoms with Gasteiger partial charge in [0.1, 0.15) is 5.82 Å². The minimum absolute atomic E-state index is 0.0845. The van der Waals surface area contributed by atoms with Gasteiger partial charge < -0.3 is 10.2 Å². The third kappa shape index (κ3) is 3.41. The van der Waals surface area contributed by atoms with Crippen molar-refractivity contribution in [2.24, 2.45) is 0 Å². The number of halogens is 2. The van der Waals surface area contributed by atoms with Crippen molar-refractivity contribution in [3.63, 3.8) is 0 Å². The molecule has 1 aromatic carbocycles. The normalized spacial score (nSPS) is 13.8. The van der Waals surface area contributed by atoms with Gasteiger partial charge in [-0.3, -0.25) is 0 Å². The summed E-state index contributed by atoms with van der Waals surface area (Å²) in [7, 11) is 0. The van der Waals surface area contributed by atoms with Crippen molar-refractivity contribution in [2.45, 2.75) is 44.8 Å². The molecule has 0 bridgehead atoms. The van der Waals surface area contributed by atoms with E-state index in [0.29, 0.717) is 23.4 Å². The minimum Gasteiger partial charge on any atom is -0.390 e. The topological polar surface area (TPSA) is 40.5 Å². The largest absolute Gasteiger partial charge is 0.390 e. The molecule has 0 heterocycles. The van der Waals surface area contributed by atoms with Gasteiger partial charge in [-0.2, -0.15) is 0 Å². The lowest BCUT2D eigenvalue weighted by Crippen LogP contribution is -2.42. The Kier molecular flexibility index (Phi) is 4.92. The van der Waals surface area contributed by atoms with E-state index in [0.717, 1.165) is 0 Å². The Morgan fingerprint density at radius 3 is 2.41 bits per heavy atom. The second-order valence-corrected chi connectivity index (χ2v) is 4.70. The van der Waals surface area contributed by atoms with Gasteiger partial charge in [-0.1, -0.05) is 31.5 Å². The molecule has 0 amide bonds. The molecule has 0 aliphatic carbocycles. The second-order valence-electron chi connectivity index (χ2n) is 4.27. The molecule has 96 valence electrons. The van der Waals surface area contributed by atoms with Crippen LogP contribution in [0.2, 0.25) is 5.02 Å². The number of hydrogen-bond donors (Lipinski definition) is 2. The number of benzene rings is 1. The highest BCUT2D eigenvalue weighted by atomic mass is 35.5. The molecular weight excluding hydrogens is 243 g/mol. The summed E-state index contributed by atoms with van der Waals surface area (Å²) in [6, 6.07) is 4.32. The molecule has 0 aromatic heterocycles. The predicted octanol–water partition coefficient (Wildman–Crippen LogP) is 2.93. The van der Waals surface area contributed by atoms with Crippen LogP contribution in [0.3, 0.4) is 0 Å². The van der Waals surface area contributed by atoms with Crippen LogP contribution in [0.1, 0.15) is 32.3 Å². The van der Waals surface area contributed by atoms with E-state index in [2.05, 4.69) is 0 Å². The van der Waals surface area contributed by atoms with Crippen molar-refractivity contribution in [2.75, 3.05) is 0 Å². The lowest BCUT2D eigenvalue weighted by atomic mass is 9.87. The summed E-state index contributed by atoms with van der Waals surface area (Å²) >= 11 is 5.65. The van der Waals surface area contributed by atoms with Crippen LogP contribution in [0.5, 0.6) is 0 Å². The van der Waals surface area contributed by atoms with Crippen LogP contribution in [-0.2, 0) is 6.42 Å². The van der Waals surface area contributed by atoms with Gasteiger partial charge in [0.15, 0.2) is 0 Å². The predicted molar refractivity (Wildman–Crippen MR) is 66.7 cm³/mol. The molecule has 1 rings (SSSR count). The summed E-state index contributed by atoms with van der Waals surface area (Å²) in [5.41, 5.74) is -0.797. The van der Waals surface area contributed by atoms with Gasteiger partial charge in [0.25, 0.3) is 0 Å². The molecule has 0 radical (unpaired) electrons. The Hall–Kier alpha value is -0.640. The molecular formula is C13H18ClFO2. The van der Waals surface area contributed by atoms with Crippen LogP contribution in [0.25, 0.3) is 0 Å². The fourth-order valence-corrected chi connectivity index (χ4v) is 1.97. The van der Waals surface area contributed by atoms with Gasteiger partial charge in [-0.05, 0) is 30.5 Å². The van der Waals surface area contributed by atoms with E-state index in [4.69, 9.17) is 11.6 Å². The van der Waals surface area contributed by atoms with E-state index in [9.17, 15) is 14.6 Å². The molecule has 17 heavy (non-hydrogen) atoms. The first-order chi connectivity index (χ1) is 7.92. The highest BCUT2D eigenvalue weighted by Crippen LogP contribution is 2.24. The molecule has 1 atom stereocenters. The second kappa shape index (κ2) is 5.80. The van der Waals surface area contributed by atoms with E-state index in [-0.39, 0.29) is 6.42 Å². The summed E-state index contributed by atoms with van der Waals surface area (Å²) in [5.74, 6) is -0.453. The Morgan fingerprint density at radius 1 is 1.35 bits per heavy atom. The summed E-state index contributed by atoms with van der Waals surface area (Å²) in [6.45, 7) is 3.59. The molecule has 0 aliphatic rings. The maximum Gasteiger partial charge on any atom is 0.127 e. The first kappa shape index (κ1) is 14.4. The molecule has 4 heteroatoms. The van der Waals surface area contributed by atoms with E-state index >= 15 is 0 Å². The number of aliphatic hydroxyl groups excluding tert-OH is 1. The van der Waals surface area contributed by atoms with Gasteiger partial charge in [0.05, 0.1) is 11.7 Å². The maximum absolute atomic E-state index is 13.5. The van der Waals surface area contributed by atoms with Crippen molar-refractivity contribution < 1.29 is 14.6 Å². The van der Waals surface area contributed by atoms with Crippen LogP contribution < -0.4 is 0 Å². The monoisotopic (exact) mass is 260 g/mol. The van der Waals surface area contributed by atoms with Crippen LogP contribution >= 0.6 is 11.6 Å². The van der Waals surface area contributed by atoms with Gasteiger partial charge in [-0.15, -0.1) is 0 Å². The fourth-order valence-electron chi connectivity index (χ4n) is 1.81. The van der Waals surface area contributed by atoms with E-state index in [1.54, 1.807) is 19.9 Å². The lowest BCUT2D eigenvalue weighted by Gasteiger charge is -2.31. The van der Waals surface area contributed by atoms with E-state index in [1.165, 1.54) is 12.1 Å². The molecule has 0 saturated carbocycles. The van der Waals surface area contributed by atoms with Crippen molar-refractivity contribution in [3.8, 4) is 0 Å². The molecule has 0 spiro atoms. The van der Waals surface area contributed by atoms with E-state index in [1.807, 2.05) is 0 Å². The van der Waals surface area contributed by atoms with Crippen molar-refractivity contribution in [3.05, 3.63) is 34.6 Å². The van der Waals surface area contributed by atoms with Crippen LogP contribution in [0.4, 0.5) is 4.39 Å². The number of aliphatic hydroxyl groups is 2. The van der Waals surface area contributed by atoms with Crippen molar-refractivity contribution in [1.29, 1.82) is 0 Å². The summed E-state index contributed by atoms with van der Waals surface area (Å²) in [4.78, 5) is 0. The molecule has 2 N–H and O–H groups in total. The lowest BCUT2D eigenvalue weighted by molar-refractivity contribution is -0.0792. The molecule has 0 saturated heterocycles. The molecule has 0 fully saturated rings. The smallest absolute Gasteiger partial charge is 0.127 e. The SMILES string of the molecule is CCC(O)(CC)C(O)Cc1ccc(Cl)cc1F. The molecule has 1 unspecified atom stereocenters. The van der Waals surface area contributed by atoms with Gasteiger partial charge >= 0.3 is 0 Å². The Balaban J connectivity index is 2.84. The first-order valence-corrected chi connectivity index (χ1v) is 6.15. The molecule has 1 aromatic rings. The maximum atomic E-state index is 13.5. The highest BCUT2D eigenvalue weighted by Gasteiger charge is 2.32. The Bertz CT molecular complexity index is 378. The zero-order chi connectivity index (χ0) is 13.1. The van der Waals surface area contributed by atoms with Gasteiger partial charge in [0, 0.05) is 11.4 Å². The zero-order valence-electron chi connectivity index (χ0n) is 10.1. The van der Waals surface area contributed by atoms with Crippen LogP contribution in [0, 0.1) is 5.82 Å². The average molecular weight is 261 g/mol. The molecule has 2 nitrogen and oxygen atoms in total. The van der Waals surface area contributed by atoms with Crippen molar-refractivity contribution >= 4 is 11.6 Å². The third-order valence-corrected chi connectivity index (χ3v) is 3.51. The summed E-state index contributed by atoms with van der Waals surface area (Å²) < 4.78 is 13.5. The van der Waals surface area contributed by atoms with Crippen LogP contribution in [-0.4, -0.2) is 21.9 Å². The van der Waals surface area contributed by atoms with E-state index < -0.39 is 17.5 Å². The average Bonchev–Trinajstić information content (AvgIpc) is 2.31. The summed E-state index contributed by atoms with van der Waals surface area (Å²) in [6.07, 6.45) is -0.0332. The fraction of sp³-hybridized carbons (Fsp3) is 0.538. The molecule has 0 aliphatic heterocycles. The Morgan fingerprint density at radius 2 is 1.94 bits per heavy atom.